The summed E-state index contributed by atoms with van der Waals surface area (Å²) in [5, 5.41) is 12.4. The van der Waals surface area contributed by atoms with E-state index in [4.69, 9.17) is 0 Å². The number of carbonyl (C=O) groups excluding carboxylic acids is 1. The Morgan fingerprint density at radius 1 is 1.25 bits per heavy atom. The van der Waals surface area contributed by atoms with E-state index in [1.807, 2.05) is 0 Å². The van der Waals surface area contributed by atoms with Gasteiger partial charge in [0, 0.05) is 19.6 Å². The van der Waals surface area contributed by atoms with Crippen molar-refractivity contribution in [2.24, 2.45) is 23.2 Å². The lowest BCUT2D eigenvalue weighted by molar-refractivity contribution is -0.123. The van der Waals surface area contributed by atoms with Crippen LogP contribution in [0.4, 0.5) is 0 Å². The summed E-state index contributed by atoms with van der Waals surface area (Å²) in [5.41, 5.74) is 0.0824. The lowest BCUT2D eigenvalue weighted by Crippen LogP contribution is -2.38. The SMILES string of the molecule is CCC(CC)(CCO)CNC(=O)CC1CC2CCC1C2. The van der Waals surface area contributed by atoms with Crippen molar-refractivity contribution in [2.75, 3.05) is 13.2 Å². The summed E-state index contributed by atoms with van der Waals surface area (Å²) in [6.07, 6.45) is 8.93. The van der Waals surface area contributed by atoms with Gasteiger partial charge in [0.25, 0.3) is 0 Å². The maximum Gasteiger partial charge on any atom is 0.220 e. The minimum Gasteiger partial charge on any atom is -0.396 e. The van der Waals surface area contributed by atoms with Gasteiger partial charge in [0.1, 0.15) is 0 Å². The molecule has 0 aromatic rings. The largest absolute Gasteiger partial charge is 0.396 e. The topological polar surface area (TPSA) is 49.3 Å². The van der Waals surface area contributed by atoms with Gasteiger partial charge in [-0.25, -0.2) is 0 Å². The molecule has 2 rings (SSSR count). The van der Waals surface area contributed by atoms with Crippen molar-refractivity contribution >= 4 is 5.91 Å². The van der Waals surface area contributed by atoms with E-state index in [1.54, 1.807) is 0 Å². The quantitative estimate of drug-likeness (QED) is 0.718. The zero-order chi connectivity index (χ0) is 14.6. The zero-order valence-electron chi connectivity index (χ0n) is 13.2. The third-order valence-electron chi connectivity index (χ3n) is 6.13. The molecule has 0 spiro atoms. The number of aliphatic hydroxyl groups is 1. The standard InChI is InChI=1S/C17H31NO2/c1-3-17(4-2,7-8-19)12-18-16(20)11-15-10-13-5-6-14(15)9-13/h13-15,19H,3-12H2,1-2H3,(H,18,20). The number of hydrogen-bond donors (Lipinski definition) is 2. The van der Waals surface area contributed by atoms with Gasteiger partial charge in [-0.3, -0.25) is 4.79 Å². The van der Waals surface area contributed by atoms with Crippen LogP contribution in [-0.4, -0.2) is 24.2 Å². The van der Waals surface area contributed by atoms with Crippen LogP contribution in [0, 0.1) is 23.2 Å². The zero-order valence-corrected chi connectivity index (χ0v) is 13.2. The van der Waals surface area contributed by atoms with Crippen LogP contribution in [0.5, 0.6) is 0 Å². The molecule has 2 bridgehead atoms. The monoisotopic (exact) mass is 281 g/mol. The first-order valence-corrected chi connectivity index (χ1v) is 8.50. The van der Waals surface area contributed by atoms with Gasteiger partial charge in [-0.05, 0) is 61.7 Å². The van der Waals surface area contributed by atoms with Crippen LogP contribution in [0.2, 0.25) is 0 Å². The van der Waals surface area contributed by atoms with Crippen LogP contribution < -0.4 is 5.32 Å². The van der Waals surface area contributed by atoms with Gasteiger partial charge in [-0.15, -0.1) is 0 Å². The Morgan fingerprint density at radius 2 is 2.00 bits per heavy atom. The Balaban J connectivity index is 1.76. The molecule has 20 heavy (non-hydrogen) atoms. The van der Waals surface area contributed by atoms with E-state index in [2.05, 4.69) is 19.2 Å². The number of aliphatic hydroxyl groups excluding tert-OH is 1. The lowest BCUT2D eigenvalue weighted by atomic mass is 9.79. The van der Waals surface area contributed by atoms with Crippen LogP contribution in [0.1, 0.15) is 65.2 Å². The Morgan fingerprint density at radius 3 is 2.50 bits per heavy atom. The molecule has 3 nitrogen and oxygen atoms in total. The van der Waals surface area contributed by atoms with E-state index in [0.29, 0.717) is 5.92 Å². The summed E-state index contributed by atoms with van der Waals surface area (Å²) in [6, 6.07) is 0. The van der Waals surface area contributed by atoms with Gasteiger partial charge in [0.15, 0.2) is 0 Å². The molecule has 1 amide bonds. The minimum atomic E-state index is 0.0824. The molecule has 3 heteroatoms. The summed E-state index contributed by atoms with van der Waals surface area (Å²) in [4.78, 5) is 12.2. The number of fused-ring (bicyclic) bond motifs is 2. The van der Waals surface area contributed by atoms with Crippen molar-refractivity contribution in [2.45, 2.75) is 65.2 Å². The second-order valence-corrected chi connectivity index (χ2v) is 7.10. The van der Waals surface area contributed by atoms with Gasteiger partial charge in [-0.2, -0.15) is 0 Å². The fraction of sp³-hybridized carbons (Fsp3) is 0.941. The molecule has 0 radical (unpaired) electrons. The van der Waals surface area contributed by atoms with E-state index in [0.717, 1.165) is 44.1 Å². The third-order valence-corrected chi connectivity index (χ3v) is 6.13. The average Bonchev–Trinajstić information content (AvgIpc) is 3.06. The van der Waals surface area contributed by atoms with Crippen molar-refractivity contribution in [3.63, 3.8) is 0 Å². The fourth-order valence-corrected chi connectivity index (χ4v) is 4.40. The van der Waals surface area contributed by atoms with Crippen LogP contribution >= 0.6 is 0 Å². The molecular formula is C17H31NO2. The first-order chi connectivity index (χ1) is 9.62. The Bertz CT molecular complexity index is 325. The van der Waals surface area contributed by atoms with E-state index < -0.39 is 0 Å². The lowest BCUT2D eigenvalue weighted by Gasteiger charge is -2.31. The minimum absolute atomic E-state index is 0.0824. The third kappa shape index (κ3) is 3.55. The van der Waals surface area contributed by atoms with E-state index in [1.165, 1.54) is 25.7 Å². The molecule has 3 unspecified atom stereocenters. The first kappa shape index (κ1) is 15.8. The molecule has 116 valence electrons. The van der Waals surface area contributed by atoms with Crippen molar-refractivity contribution in [3.8, 4) is 0 Å². The van der Waals surface area contributed by atoms with E-state index >= 15 is 0 Å². The molecule has 0 aliphatic heterocycles. The smallest absolute Gasteiger partial charge is 0.220 e. The van der Waals surface area contributed by atoms with Gasteiger partial charge in [0.2, 0.25) is 5.91 Å². The predicted octanol–water partition coefficient (Wildman–Crippen LogP) is 3.12. The molecule has 2 saturated carbocycles. The molecule has 2 fully saturated rings. The van der Waals surface area contributed by atoms with Crippen LogP contribution in [-0.2, 0) is 4.79 Å². The fourth-order valence-electron chi connectivity index (χ4n) is 4.40. The molecule has 2 N–H and O–H groups in total. The number of nitrogens with one attached hydrogen (secondary N) is 1. The van der Waals surface area contributed by atoms with Crippen LogP contribution in [0.15, 0.2) is 0 Å². The van der Waals surface area contributed by atoms with Crippen molar-refractivity contribution in [1.29, 1.82) is 0 Å². The molecule has 2 aliphatic rings. The van der Waals surface area contributed by atoms with Crippen LogP contribution in [0.25, 0.3) is 0 Å². The summed E-state index contributed by atoms with van der Waals surface area (Å²) in [5.74, 6) is 2.61. The van der Waals surface area contributed by atoms with E-state index in [-0.39, 0.29) is 17.9 Å². The highest BCUT2D eigenvalue weighted by atomic mass is 16.3. The summed E-state index contributed by atoms with van der Waals surface area (Å²) in [6.45, 7) is 5.24. The Kier molecular flexibility index (Phi) is 5.48. The molecular weight excluding hydrogens is 250 g/mol. The summed E-state index contributed by atoms with van der Waals surface area (Å²) < 4.78 is 0. The molecule has 0 saturated heterocycles. The summed E-state index contributed by atoms with van der Waals surface area (Å²) in [7, 11) is 0. The molecule has 0 aromatic heterocycles. The van der Waals surface area contributed by atoms with Gasteiger partial charge < -0.3 is 10.4 Å². The normalized spacial score (nSPS) is 28.9. The second-order valence-electron chi connectivity index (χ2n) is 7.10. The van der Waals surface area contributed by atoms with Gasteiger partial charge in [-0.1, -0.05) is 20.3 Å². The highest BCUT2D eigenvalue weighted by Gasteiger charge is 2.40. The van der Waals surface area contributed by atoms with Gasteiger partial charge >= 0.3 is 0 Å². The number of carbonyl (C=O) groups is 1. The molecule has 0 heterocycles. The molecule has 0 aromatic carbocycles. The molecule has 2 aliphatic carbocycles. The maximum atomic E-state index is 12.2. The highest BCUT2D eigenvalue weighted by Crippen LogP contribution is 2.49. The first-order valence-electron chi connectivity index (χ1n) is 8.50. The maximum absolute atomic E-state index is 12.2. The van der Waals surface area contributed by atoms with E-state index in [9.17, 15) is 9.90 Å². The Hall–Kier alpha value is -0.570. The number of rotatable bonds is 8. The highest BCUT2D eigenvalue weighted by molar-refractivity contribution is 5.76. The number of amides is 1. The summed E-state index contributed by atoms with van der Waals surface area (Å²) >= 11 is 0. The Labute approximate surface area is 123 Å². The van der Waals surface area contributed by atoms with Crippen molar-refractivity contribution in [3.05, 3.63) is 0 Å². The predicted molar refractivity (Wildman–Crippen MR) is 81.3 cm³/mol. The van der Waals surface area contributed by atoms with Crippen LogP contribution in [0.3, 0.4) is 0 Å². The average molecular weight is 281 g/mol. The molecule has 3 atom stereocenters. The second kappa shape index (κ2) is 6.93. The van der Waals surface area contributed by atoms with Gasteiger partial charge in [0.05, 0.1) is 0 Å². The van der Waals surface area contributed by atoms with Crippen molar-refractivity contribution < 1.29 is 9.90 Å². The van der Waals surface area contributed by atoms with Crippen molar-refractivity contribution in [1.82, 2.24) is 5.32 Å². The number of hydrogen-bond acceptors (Lipinski definition) is 2.